The third-order valence-corrected chi connectivity index (χ3v) is 17.2. The predicted molar refractivity (Wildman–Crippen MR) is 239 cm³/mol. The van der Waals surface area contributed by atoms with Crippen LogP contribution in [0.25, 0.3) is 0 Å². The smallest absolute Gasteiger partial charge is 0.238 e. The van der Waals surface area contributed by atoms with Gasteiger partial charge in [0, 0.05) is 53.5 Å². The van der Waals surface area contributed by atoms with Crippen molar-refractivity contribution < 1.29 is 40.0 Å². The highest BCUT2D eigenvalue weighted by molar-refractivity contribution is 7.89. The normalized spacial score (nSPS) is 25.5. The van der Waals surface area contributed by atoms with E-state index in [-0.39, 0.29) is 45.3 Å². The fraction of sp³-hybridized carbons (Fsp3) is 0.432. The number of sulfonamides is 2. The fourth-order valence-electron chi connectivity index (χ4n) is 9.98. The second-order valence-corrected chi connectivity index (χ2v) is 23.5. The van der Waals surface area contributed by atoms with Gasteiger partial charge in [-0.15, -0.1) is 22.7 Å². The summed E-state index contributed by atoms with van der Waals surface area (Å²) < 4.78 is 71.6. The Morgan fingerprint density at radius 2 is 1.22 bits per heavy atom. The van der Waals surface area contributed by atoms with Gasteiger partial charge in [0.1, 0.15) is 39.8 Å². The molecule has 0 saturated heterocycles. The molecule has 6 fully saturated rings. The van der Waals surface area contributed by atoms with E-state index in [4.69, 9.17) is 10.3 Å². The minimum absolute atomic E-state index is 0.00172. The van der Waals surface area contributed by atoms with Crippen molar-refractivity contribution in [2.75, 3.05) is 30.3 Å². The Morgan fingerprint density at radius 1 is 0.754 bits per heavy atom. The molecule has 4 aromatic rings. The number of carbonyl (C=O) groups is 3. The second-order valence-electron chi connectivity index (χ2n) is 18.2. The lowest BCUT2D eigenvalue weighted by atomic mass is 9.42. The zero-order valence-corrected chi connectivity index (χ0v) is 38.3. The summed E-state index contributed by atoms with van der Waals surface area (Å²) in [7, 11) is -7.53. The van der Waals surface area contributed by atoms with E-state index in [1.165, 1.54) is 46.9 Å². The number of rotatable bonds is 11. The number of nitrogens with zero attached hydrogens (tertiary/aromatic N) is 3. The van der Waals surface area contributed by atoms with Crippen LogP contribution < -0.4 is 26.2 Å². The van der Waals surface area contributed by atoms with Crippen LogP contribution >= 0.6 is 22.7 Å². The number of nitriles is 2. The molecule has 6 saturated carbocycles. The number of alkyl halides is 2. The number of anilines is 2. The molecule has 342 valence electrons. The van der Waals surface area contributed by atoms with E-state index in [1.54, 1.807) is 24.3 Å². The number of hydrogen-bond donors (Lipinski definition) is 5. The number of carbonyl (C=O) groups excluding carboxylic acids is 3. The number of halogens is 2. The van der Waals surface area contributed by atoms with Gasteiger partial charge in [0.25, 0.3) is 0 Å². The van der Waals surface area contributed by atoms with Crippen LogP contribution in [-0.4, -0.2) is 70.8 Å². The lowest BCUT2D eigenvalue weighted by Gasteiger charge is -2.67. The summed E-state index contributed by atoms with van der Waals surface area (Å²) in [6.07, 6.45) is 6.21. The Bertz CT molecular complexity index is 2850. The van der Waals surface area contributed by atoms with Gasteiger partial charge >= 0.3 is 0 Å². The first kappa shape index (κ1) is 46.6. The minimum atomic E-state index is -3.78. The molecule has 21 heteroatoms. The molecule has 0 spiro atoms. The molecule has 0 atom stereocenters. The predicted octanol–water partition coefficient (Wildman–Crippen LogP) is 4.87. The standard InChI is InChI=1S/C22H23FN4O3S2.C16H16N4O3S2.C6H7FO/c23-22-10-21(11-22,12-22)13-27-6-5-18-17(9-27)16(8-24)20(31-18)26-19(28)7-14-1-3-15(4-2-14)32(25,29)30;17-8-12-13-9-19-6-5-14(13)24-16(12)20-15(21)7-10-1-3-11(4-2-10)25(18,22)23;7-6-1-5(2-6,3-6)4-8/h1-4H,5-7,9-13H2,(H,26,28)(H2,25,29,30);1-4,19H,5-7,9H2,(H,20,21)(H2,18,22,23);4H,1-3H2. The number of thiophene rings is 2. The SMILES string of the molecule is N#Cc1c(NC(=O)Cc2ccc(S(N)(=O)=O)cc2)sc2c1CN(CC13CC(F)(C1)C3)CC2.N#Cc1c(NC(=O)Cc2ccc(S(N)(=O)=O)cc2)sc2c1CNCC2.O=CC12CC(F)(C1)C2. The van der Waals surface area contributed by atoms with Crippen molar-refractivity contribution in [3.63, 3.8) is 0 Å². The van der Waals surface area contributed by atoms with E-state index in [1.807, 2.05) is 0 Å². The van der Waals surface area contributed by atoms with Gasteiger partial charge in [0.15, 0.2) is 0 Å². The van der Waals surface area contributed by atoms with Crippen LogP contribution in [0.5, 0.6) is 0 Å². The van der Waals surface area contributed by atoms with E-state index < -0.39 is 31.4 Å². The summed E-state index contributed by atoms with van der Waals surface area (Å²) in [6.45, 7) is 3.90. The summed E-state index contributed by atoms with van der Waals surface area (Å²) in [4.78, 5) is 39.5. The molecule has 6 aliphatic carbocycles. The highest BCUT2D eigenvalue weighted by atomic mass is 32.2. The second kappa shape index (κ2) is 17.4. The van der Waals surface area contributed by atoms with Crippen molar-refractivity contribution in [2.45, 2.75) is 98.4 Å². The maximum absolute atomic E-state index is 13.8. The number of fused-ring (bicyclic) bond motifs is 2. The molecule has 2 amide bonds. The number of nitrogens with two attached hydrogens (primary N) is 2. The molecule has 4 bridgehead atoms. The van der Waals surface area contributed by atoms with Crippen LogP contribution in [0, 0.1) is 33.5 Å². The average Bonchev–Trinajstić information content (AvgIpc) is 3.74. The van der Waals surface area contributed by atoms with Gasteiger partial charge in [0.05, 0.1) is 33.8 Å². The van der Waals surface area contributed by atoms with Crippen molar-refractivity contribution in [3.8, 4) is 12.1 Å². The molecule has 4 heterocycles. The van der Waals surface area contributed by atoms with Gasteiger partial charge in [0.2, 0.25) is 31.9 Å². The number of amides is 2. The van der Waals surface area contributed by atoms with E-state index >= 15 is 0 Å². The van der Waals surface area contributed by atoms with E-state index in [2.05, 4.69) is 33.0 Å². The molecule has 8 aliphatic rings. The van der Waals surface area contributed by atoms with E-state index in [0.29, 0.717) is 83.9 Å². The molecule has 7 N–H and O–H groups in total. The van der Waals surface area contributed by atoms with Crippen molar-refractivity contribution in [1.82, 2.24) is 10.2 Å². The number of nitrogens with one attached hydrogen (secondary N) is 3. The summed E-state index contributed by atoms with van der Waals surface area (Å²) in [5.74, 6) is -0.533. The monoisotopic (exact) mass is 964 g/mol. The Kier molecular flexibility index (Phi) is 12.4. The average molecular weight is 965 g/mol. The van der Waals surface area contributed by atoms with Crippen LogP contribution in [0.15, 0.2) is 58.3 Å². The minimum Gasteiger partial charge on any atom is -0.316 e. The molecule has 15 nitrogen and oxygen atoms in total. The van der Waals surface area contributed by atoms with E-state index in [0.717, 1.165) is 59.6 Å². The van der Waals surface area contributed by atoms with Gasteiger partial charge < -0.3 is 20.7 Å². The van der Waals surface area contributed by atoms with Crippen LogP contribution in [0.2, 0.25) is 0 Å². The number of primary sulfonamides is 2. The van der Waals surface area contributed by atoms with Crippen LogP contribution in [0.3, 0.4) is 0 Å². The molecule has 65 heavy (non-hydrogen) atoms. The van der Waals surface area contributed by atoms with Crippen molar-refractivity contribution >= 4 is 70.8 Å². The lowest BCUT2D eigenvalue weighted by Crippen LogP contribution is -2.68. The summed E-state index contributed by atoms with van der Waals surface area (Å²) in [6, 6.07) is 16.1. The summed E-state index contributed by atoms with van der Waals surface area (Å²) >= 11 is 2.88. The summed E-state index contributed by atoms with van der Waals surface area (Å²) in [5.41, 5.74) is 2.40. The first-order valence-corrected chi connectivity index (χ1v) is 25.6. The maximum Gasteiger partial charge on any atom is 0.238 e. The zero-order chi connectivity index (χ0) is 46.6. The topological polar surface area (TPSA) is 258 Å². The number of hydrogen-bond acceptors (Lipinski definition) is 13. The first-order valence-electron chi connectivity index (χ1n) is 20.8. The molecule has 0 unspecified atom stereocenters. The first-order chi connectivity index (χ1) is 30.6. The Labute approximate surface area is 383 Å². The molecule has 2 aliphatic heterocycles. The largest absolute Gasteiger partial charge is 0.316 e. The van der Waals surface area contributed by atoms with Crippen LogP contribution in [0.4, 0.5) is 18.8 Å². The van der Waals surface area contributed by atoms with Crippen molar-refractivity contribution in [3.05, 3.63) is 91.7 Å². The van der Waals surface area contributed by atoms with E-state index in [9.17, 15) is 50.5 Å². The van der Waals surface area contributed by atoms with Crippen molar-refractivity contribution in [1.29, 1.82) is 10.5 Å². The Balaban J connectivity index is 0.000000154. The third kappa shape index (κ3) is 9.93. The van der Waals surface area contributed by atoms with Gasteiger partial charge in [-0.1, -0.05) is 24.3 Å². The highest BCUT2D eigenvalue weighted by Crippen LogP contribution is 2.70. The van der Waals surface area contributed by atoms with Gasteiger partial charge in [-0.2, -0.15) is 10.5 Å². The zero-order valence-electron chi connectivity index (χ0n) is 35.0. The third-order valence-electron chi connectivity index (χ3n) is 12.9. The maximum atomic E-state index is 13.8. The molecule has 12 rings (SSSR count). The number of benzene rings is 2. The van der Waals surface area contributed by atoms with Gasteiger partial charge in [-0.25, -0.2) is 35.9 Å². The van der Waals surface area contributed by atoms with Crippen molar-refractivity contribution in [2.24, 2.45) is 21.1 Å². The van der Waals surface area contributed by atoms with Gasteiger partial charge in [-0.3, -0.25) is 14.5 Å². The molecule has 0 radical (unpaired) electrons. The molecule has 2 aromatic heterocycles. The Morgan fingerprint density at radius 3 is 1.63 bits per heavy atom. The molecular weight excluding hydrogens is 919 g/mol. The quantitative estimate of drug-likeness (QED) is 0.127. The fourth-order valence-corrected chi connectivity index (χ4v) is 13.4. The molecule has 2 aromatic carbocycles. The number of aldehydes is 1. The van der Waals surface area contributed by atoms with Crippen LogP contribution in [-0.2, 0) is 73.2 Å². The Hall–Kier alpha value is -4.97. The van der Waals surface area contributed by atoms with Gasteiger partial charge in [-0.05, 0) is 97.7 Å². The summed E-state index contributed by atoms with van der Waals surface area (Å²) in [5, 5.41) is 39.3. The molecular formula is C44H46F2N8O7S4. The highest BCUT2D eigenvalue weighted by Gasteiger charge is 2.69. The van der Waals surface area contributed by atoms with Crippen LogP contribution in [0.1, 0.15) is 81.7 Å². The lowest BCUT2D eigenvalue weighted by molar-refractivity contribution is -0.222.